The van der Waals surface area contributed by atoms with Crippen LogP contribution in [0.15, 0.2) is 72.5 Å². The number of aromatic nitrogens is 2. The molecule has 20 nitrogen and oxygen atoms in total. The summed E-state index contributed by atoms with van der Waals surface area (Å²) in [5, 5.41) is 31.1. The lowest BCUT2D eigenvalue weighted by atomic mass is 10.1. The predicted octanol–water partition coefficient (Wildman–Crippen LogP) is -6.47. The SMILES string of the molecule is Cn1cc(C(=O)NCCC(=N)N)cc1NC(=O)C1=[N+](C)C=C(NC(=O)c2cccc(C(=O)NC3=CC(C(=O)Nc4cc(C(=O)NCCC(=N)N)cn4C)=[N+](C)C3)c2)C1.[Cl-].[Cl-]. The van der Waals surface area contributed by atoms with Crippen molar-refractivity contribution in [1.29, 1.82) is 10.8 Å². The fraction of sp³-hybridized carbons (Fsp3) is 0.263. The second-order valence-corrected chi connectivity index (χ2v) is 13.7. The van der Waals surface area contributed by atoms with Crippen LogP contribution in [-0.4, -0.2) is 111 Å². The summed E-state index contributed by atoms with van der Waals surface area (Å²) in [6.07, 6.45) is 6.82. The smallest absolute Gasteiger partial charge is 0.321 e. The highest BCUT2D eigenvalue weighted by molar-refractivity contribution is 6.45. The number of nitrogens with one attached hydrogen (secondary N) is 8. The van der Waals surface area contributed by atoms with Crippen LogP contribution in [0.1, 0.15) is 60.7 Å². The van der Waals surface area contributed by atoms with Crippen molar-refractivity contribution in [3.05, 3.63) is 94.7 Å². The summed E-state index contributed by atoms with van der Waals surface area (Å²) in [6.45, 7) is 0.636. The molecule has 0 saturated carbocycles. The zero-order valence-electron chi connectivity index (χ0n) is 33.2. The molecule has 0 radical (unpaired) electrons. The van der Waals surface area contributed by atoms with Crippen LogP contribution in [0.5, 0.6) is 0 Å². The van der Waals surface area contributed by atoms with Gasteiger partial charge in [0.25, 0.3) is 35.1 Å². The molecule has 3 aromatic rings. The first-order valence-electron chi connectivity index (χ1n) is 18.0. The standard InChI is InChI=1S/C38H44N14O6.2ClH/c1-49-19-25(15-27(49)37(57)47-31-13-23(17-51(31)3)33(53)43-10-8-29(39)40)45-35(55)21-6-5-7-22(12-21)36(56)46-26-16-28(50(2)20-26)38(58)48-32-14-24(18-52(32)4)34(54)44-11-9-30(41)42;;/h5-7,12-15,17-18,20H,8-11,16,19H2,1-4H3,(H10-,39,40,41,42,43,44,46,47,48,53,54,56,57,58);2*1H. The molecule has 60 heavy (non-hydrogen) atoms. The molecule has 0 aliphatic carbocycles. The average molecular weight is 866 g/mol. The molecule has 1 aromatic carbocycles. The molecule has 0 fully saturated rings. The molecular weight excluding hydrogens is 819 g/mol. The van der Waals surface area contributed by atoms with E-state index in [9.17, 15) is 28.8 Å². The van der Waals surface area contributed by atoms with Crippen molar-refractivity contribution in [3.8, 4) is 0 Å². The number of rotatable bonds is 16. The van der Waals surface area contributed by atoms with Crippen molar-refractivity contribution in [1.82, 2.24) is 30.4 Å². The summed E-state index contributed by atoms with van der Waals surface area (Å²) < 4.78 is 6.42. The number of amidine groups is 2. The number of allylic oxidation sites excluding steroid dienone is 1. The minimum atomic E-state index is -0.497. The zero-order valence-corrected chi connectivity index (χ0v) is 34.7. The maximum absolute atomic E-state index is 13.3. The molecule has 2 aromatic heterocycles. The number of aryl methyl sites for hydroxylation is 2. The fourth-order valence-electron chi connectivity index (χ4n) is 6.01. The molecule has 0 spiro atoms. The molecule has 12 N–H and O–H groups in total. The normalized spacial score (nSPS) is 12.9. The molecule has 318 valence electrons. The van der Waals surface area contributed by atoms with E-state index in [0.29, 0.717) is 39.9 Å². The minimum absolute atomic E-state index is 0. The Morgan fingerprint density at radius 3 is 1.65 bits per heavy atom. The highest BCUT2D eigenvalue weighted by Crippen LogP contribution is 2.17. The summed E-state index contributed by atoms with van der Waals surface area (Å²) in [5.74, 6) is -1.98. The number of nitrogens with zero attached hydrogens (tertiary/aromatic N) is 4. The Balaban J connectivity index is 0.00000480. The van der Waals surface area contributed by atoms with E-state index in [2.05, 4.69) is 31.9 Å². The van der Waals surface area contributed by atoms with E-state index in [0.717, 1.165) is 0 Å². The molecule has 0 unspecified atom stereocenters. The topological polar surface area (TPSA) is 290 Å². The number of amides is 6. The first-order valence-corrected chi connectivity index (χ1v) is 18.0. The zero-order chi connectivity index (χ0) is 42.3. The molecule has 0 saturated heterocycles. The number of likely N-dealkylation sites (N-methyl/N-ethyl adjacent to an activating group) is 1. The van der Waals surface area contributed by atoms with Crippen LogP contribution in [0.2, 0.25) is 0 Å². The Morgan fingerprint density at radius 1 is 0.667 bits per heavy atom. The molecule has 4 heterocycles. The Bertz CT molecular complexity index is 2390. The number of hydrogen-bond acceptors (Lipinski definition) is 8. The maximum atomic E-state index is 13.3. The quantitative estimate of drug-likeness (QED) is 0.0375. The third-order valence-corrected chi connectivity index (χ3v) is 9.07. The maximum Gasteiger partial charge on any atom is 0.321 e. The van der Waals surface area contributed by atoms with Crippen molar-refractivity contribution in [2.45, 2.75) is 19.3 Å². The van der Waals surface area contributed by atoms with Gasteiger partial charge in [-0.05, 0) is 30.3 Å². The number of anilines is 2. The van der Waals surface area contributed by atoms with Gasteiger partial charge in [0, 0.05) is 69.6 Å². The van der Waals surface area contributed by atoms with Gasteiger partial charge < -0.3 is 77.3 Å². The van der Waals surface area contributed by atoms with Crippen molar-refractivity contribution in [2.75, 3.05) is 44.4 Å². The van der Waals surface area contributed by atoms with Crippen molar-refractivity contribution >= 4 is 70.2 Å². The van der Waals surface area contributed by atoms with Crippen molar-refractivity contribution in [3.63, 3.8) is 0 Å². The largest absolute Gasteiger partial charge is 1.00 e. The van der Waals surface area contributed by atoms with E-state index in [1.165, 1.54) is 18.2 Å². The van der Waals surface area contributed by atoms with Crippen LogP contribution in [0.4, 0.5) is 11.6 Å². The lowest BCUT2D eigenvalue weighted by molar-refractivity contribution is -0.483. The molecule has 2 aliphatic rings. The molecular formula is C38H46Cl2N14O6. The molecule has 0 atom stereocenters. The van der Waals surface area contributed by atoms with Gasteiger partial charge in [-0.3, -0.25) is 39.6 Å². The lowest BCUT2D eigenvalue weighted by Gasteiger charge is -2.08. The van der Waals surface area contributed by atoms with Crippen LogP contribution >= 0.6 is 0 Å². The lowest BCUT2D eigenvalue weighted by Crippen LogP contribution is -3.00. The molecule has 6 amide bonds. The fourth-order valence-corrected chi connectivity index (χ4v) is 6.01. The Hall–Kier alpha value is -7.06. The van der Waals surface area contributed by atoms with Crippen molar-refractivity contribution < 1.29 is 62.7 Å². The number of nitrogens with two attached hydrogens (primary N) is 2. The number of carbonyl (C=O) groups excluding carboxylic acids is 6. The van der Waals surface area contributed by atoms with Gasteiger partial charge in [-0.2, -0.15) is 4.58 Å². The first kappa shape index (κ1) is 47.3. The molecule has 0 bridgehead atoms. The van der Waals surface area contributed by atoms with E-state index in [-0.39, 0.29) is 104 Å². The third-order valence-electron chi connectivity index (χ3n) is 9.07. The highest BCUT2D eigenvalue weighted by Gasteiger charge is 2.31. The first-order chi connectivity index (χ1) is 27.5. The average Bonchev–Trinajstić information content (AvgIpc) is 3.93. The van der Waals surface area contributed by atoms with Gasteiger partial charge in [0.1, 0.15) is 25.7 Å². The van der Waals surface area contributed by atoms with E-state index in [4.69, 9.17) is 22.3 Å². The Kier molecular flexibility index (Phi) is 16.2. The van der Waals surface area contributed by atoms with Gasteiger partial charge in [-0.15, -0.1) is 0 Å². The van der Waals surface area contributed by atoms with E-state index in [1.807, 2.05) is 0 Å². The van der Waals surface area contributed by atoms with Gasteiger partial charge >= 0.3 is 11.8 Å². The van der Waals surface area contributed by atoms with Crippen LogP contribution in [-0.2, 0) is 23.7 Å². The number of halogens is 2. The van der Waals surface area contributed by atoms with Crippen LogP contribution in [0.25, 0.3) is 0 Å². The van der Waals surface area contributed by atoms with E-state index in [1.54, 1.807) is 89.3 Å². The summed E-state index contributed by atoms with van der Waals surface area (Å²) >= 11 is 0. The second-order valence-electron chi connectivity index (χ2n) is 13.7. The Labute approximate surface area is 357 Å². The third kappa shape index (κ3) is 12.0. The van der Waals surface area contributed by atoms with Gasteiger partial charge in [0.05, 0.1) is 40.6 Å². The molecule has 5 rings (SSSR count). The van der Waals surface area contributed by atoms with Crippen LogP contribution < -0.4 is 68.2 Å². The second kappa shape index (κ2) is 20.6. The number of hydrogen-bond donors (Lipinski definition) is 10. The van der Waals surface area contributed by atoms with Gasteiger partial charge in [0.2, 0.25) is 0 Å². The number of benzene rings is 1. The van der Waals surface area contributed by atoms with Crippen LogP contribution in [0.3, 0.4) is 0 Å². The van der Waals surface area contributed by atoms with Gasteiger partial charge in [0.15, 0.2) is 12.7 Å². The summed E-state index contributed by atoms with van der Waals surface area (Å²) in [4.78, 5) is 78.0. The van der Waals surface area contributed by atoms with Gasteiger partial charge in [-0.1, -0.05) is 6.07 Å². The summed E-state index contributed by atoms with van der Waals surface area (Å²) in [5.41, 5.74) is 13.2. The van der Waals surface area contributed by atoms with Crippen LogP contribution in [0, 0.1) is 10.8 Å². The highest BCUT2D eigenvalue weighted by atomic mass is 35.5. The monoisotopic (exact) mass is 864 g/mol. The van der Waals surface area contributed by atoms with E-state index >= 15 is 0 Å². The van der Waals surface area contributed by atoms with Gasteiger partial charge in [-0.25, -0.2) is 4.58 Å². The molecule has 22 heteroatoms. The Morgan fingerprint density at radius 2 is 1.15 bits per heavy atom. The van der Waals surface area contributed by atoms with Crippen molar-refractivity contribution in [2.24, 2.45) is 25.6 Å². The van der Waals surface area contributed by atoms with E-state index < -0.39 is 23.6 Å². The molecule has 2 aliphatic heterocycles. The minimum Gasteiger partial charge on any atom is -1.00 e. The number of carbonyl (C=O) groups is 6. The predicted molar refractivity (Wildman–Crippen MR) is 215 cm³/mol. The summed E-state index contributed by atoms with van der Waals surface area (Å²) in [7, 11) is 6.71. The summed E-state index contributed by atoms with van der Waals surface area (Å²) in [6, 6.07) is 9.15.